The molecule has 1 aromatic carbocycles. The van der Waals surface area contributed by atoms with E-state index in [1.165, 1.54) is 13.2 Å². The minimum atomic E-state index is -1.01. The number of carbonyl (C=O) groups excluding carboxylic acids is 1. The Balaban J connectivity index is 2.78. The van der Waals surface area contributed by atoms with Gasteiger partial charge >= 0.3 is 6.16 Å². The second-order valence-electron chi connectivity index (χ2n) is 3.49. The first-order valence-electron chi connectivity index (χ1n) is 5.31. The molecule has 0 saturated carbocycles. The Morgan fingerprint density at radius 3 is 2.39 bits per heavy atom. The smallest absolute Gasteiger partial charge is 0.497 e. The minimum Gasteiger partial charge on any atom is -0.497 e. The van der Waals surface area contributed by atoms with Gasteiger partial charge in [-0.25, -0.2) is 4.79 Å². The van der Waals surface area contributed by atoms with Crippen molar-refractivity contribution in [1.29, 1.82) is 0 Å². The van der Waals surface area contributed by atoms with E-state index in [9.17, 15) is 9.90 Å². The lowest BCUT2D eigenvalue weighted by Crippen LogP contribution is -2.23. The summed E-state index contributed by atoms with van der Waals surface area (Å²) in [6.45, 7) is 3.51. The molecule has 1 rings (SSSR count). The maximum Gasteiger partial charge on any atom is 0.508 e. The molecule has 1 aromatic rings. The third kappa shape index (κ3) is 3.49. The zero-order valence-electron chi connectivity index (χ0n) is 10.3. The molecular formula is C13H16O5. The van der Waals surface area contributed by atoms with Crippen LogP contribution < -0.4 is 4.74 Å². The Morgan fingerprint density at radius 2 is 1.94 bits per heavy atom. The first kappa shape index (κ1) is 14.1. The maximum absolute atomic E-state index is 11.0. The molecule has 0 aliphatic heterocycles. The molecule has 0 fully saturated rings. The molecule has 0 unspecified atom stereocenters. The molecule has 1 N–H and O–H groups in total. The Morgan fingerprint density at radius 1 is 1.33 bits per heavy atom. The lowest BCUT2D eigenvalue weighted by atomic mass is 10.0. The summed E-state index contributed by atoms with van der Waals surface area (Å²) in [5, 5.41) is 10.0. The summed E-state index contributed by atoms with van der Waals surface area (Å²) >= 11 is 0. The molecule has 18 heavy (non-hydrogen) atoms. The number of aliphatic hydroxyl groups excluding tert-OH is 1. The first-order valence-corrected chi connectivity index (χ1v) is 5.31. The Labute approximate surface area is 106 Å². The van der Waals surface area contributed by atoms with Gasteiger partial charge in [0, 0.05) is 0 Å². The largest absolute Gasteiger partial charge is 0.508 e. The molecule has 0 aliphatic rings. The van der Waals surface area contributed by atoms with Crippen LogP contribution in [-0.4, -0.2) is 31.6 Å². The molecule has 0 aromatic heterocycles. The van der Waals surface area contributed by atoms with Crippen LogP contribution >= 0.6 is 0 Å². The van der Waals surface area contributed by atoms with Crippen molar-refractivity contribution in [1.82, 2.24) is 0 Å². The number of hydrogen-bond acceptors (Lipinski definition) is 5. The van der Waals surface area contributed by atoms with Gasteiger partial charge in [-0.3, -0.25) is 0 Å². The predicted octanol–water partition coefficient (Wildman–Crippen LogP) is 2.07. The maximum atomic E-state index is 11.0. The van der Waals surface area contributed by atoms with E-state index < -0.39 is 18.4 Å². The van der Waals surface area contributed by atoms with Crippen molar-refractivity contribution in [2.45, 2.75) is 12.2 Å². The van der Waals surface area contributed by atoms with Gasteiger partial charge in [0.05, 0.1) is 14.2 Å². The number of ether oxygens (including phenoxy) is 3. The van der Waals surface area contributed by atoms with Crippen LogP contribution in [0.5, 0.6) is 5.75 Å². The summed E-state index contributed by atoms with van der Waals surface area (Å²) in [6, 6.07) is 6.77. The summed E-state index contributed by atoms with van der Waals surface area (Å²) in [5.41, 5.74) is 0.588. The van der Waals surface area contributed by atoms with Crippen molar-refractivity contribution in [2.24, 2.45) is 0 Å². The average molecular weight is 252 g/mol. The van der Waals surface area contributed by atoms with Gasteiger partial charge < -0.3 is 19.3 Å². The lowest BCUT2D eigenvalue weighted by Gasteiger charge is -2.19. The highest BCUT2D eigenvalue weighted by atomic mass is 16.7. The van der Waals surface area contributed by atoms with Crippen LogP contribution in [0.1, 0.15) is 11.7 Å². The van der Waals surface area contributed by atoms with E-state index in [0.717, 1.165) is 0 Å². The fourth-order valence-corrected chi connectivity index (χ4v) is 1.39. The van der Waals surface area contributed by atoms with Crippen LogP contribution in [-0.2, 0) is 9.47 Å². The Bertz CT molecular complexity index is 398. The first-order chi connectivity index (χ1) is 8.62. The van der Waals surface area contributed by atoms with Gasteiger partial charge in [-0.15, -0.1) is 0 Å². The van der Waals surface area contributed by atoms with Crippen LogP contribution in [0.25, 0.3) is 0 Å². The van der Waals surface area contributed by atoms with Crippen LogP contribution in [0.3, 0.4) is 0 Å². The van der Waals surface area contributed by atoms with Gasteiger partial charge in [0.15, 0.2) is 6.10 Å². The van der Waals surface area contributed by atoms with Crippen LogP contribution in [0, 0.1) is 0 Å². The van der Waals surface area contributed by atoms with Crippen molar-refractivity contribution in [3.63, 3.8) is 0 Å². The van der Waals surface area contributed by atoms with E-state index >= 15 is 0 Å². The van der Waals surface area contributed by atoms with Gasteiger partial charge in [-0.1, -0.05) is 18.7 Å². The Kier molecular flexibility index (Phi) is 5.20. The summed E-state index contributed by atoms with van der Waals surface area (Å²) < 4.78 is 14.2. The summed E-state index contributed by atoms with van der Waals surface area (Å²) in [4.78, 5) is 11.0. The molecule has 0 bridgehead atoms. The molecule has 5 nitrogen and oxygen atoms in total. The topological polar surface area (TPSA) is 65.0 Å². The zero-order valence-corrected chi connectivity index (χ0v) is 10.3. The second-order valence-corrected chi connectivity index (χ2v) is 3.49. The predicted molar refractivity (Wildman–Crippen MR) is 65.4 cm³/mol. The fraction of sp³-hybridized carbons (Fsp3) is 0.308. The van der Waals surface area contributed by atoms with E-state index in [4.69, 9.17) is 9.47 Å². The van der Waals surface area contributed by atoms with Gasteiger partial charge in [0.25, 0.3) is 0 Å². The number of rotatable bonds is 5. The van der Waals surface area contributed by atoms with Gasteiger partial charge in [-0.05, 0) is 23.8 Å². The van der Waals surface area contributed by atoms with Crippen molar-refractivity contribution >= 4 is 6.16 Å². The molecular weight excluding hydrogens is 236 g/mol. The molecule has 0 amide bonds. The monoisotopic (exact) mass is 252 g/mol. The minimum absolute atomic E-state index is 0.588. The highest BCUT2D eigenvalue weighted by Gasteiger charge is 2.22. The van der Waals surface area contributed by atoms with E-state index in [0.29, 0.717) is 11.3 Å². The van der Waals surface area contributed by atoms with Gasteiger partial charge in [-0.2, -0.15) is 0 Å². The molecule has 0 radical (unpaired) electrons. The molecule has 5 heteroatoms. The number of benzene rings is 1. The van der Waals surface area contributed by atoms with Crippen LogP contribution in [0.2, 0.25) is 0 Å². The molecule has 0 saturated heterocycles. The molecule has 0 spiro atoms. The lowest BCUT2D eigenvalue weighted by molar-refractivity contribution is -0.00466. The van der Waals surface area contributed by atoms with Crippen molar-refractivity contribution in [2.75, 3.05) is 14.2 Å². The normalized spacial score (nSPS) is 13.3. The molecule has 2 atom stereocenters. The van der Waals surface area contributed by atoms with Crippen LogP contribution in [0.4, 0.5) is 4.79 Å². The van der Waals surface area contributed by atoms with Crippen molar-refractivity contribution in [3.8, 4) is 5.75 Å². The number of hydrogen-bond donors (Lipinski definition) is 1. The number of carbonyl (C=O) groups is 1. The van der Waals surface area contributed by atoms with E-state index in [1.54, 1.807) is 31.4 Å². The summed E-state index contributed by atoms with van der Waals surface area (Å²) in [5.74, 6) is 0.676. The van der Waals surface area contributed by atoms with Crippen LogP contribution in [0.15, 0.2) is 36.9 Å². The third-order valence-corrected chi connectivity index (χ3v) is 2.40. The van der Waals surface area contributed by atoms with Crippen molar-refractivity contribution < 1.29 is 24.1 Å². The highest BCUT2D eigenvalue weighted by Crippen LogP contribution is 2.22. The fourth-order valence-electron chi connectivity index (χ4n) is 1.39. The summed E-state index contributed by atoms with van der Waals surface area (Å²) in [6.07, 6.45) is -1.41. The quantitative estimate of drug-likeness (QED) is 0.642. The molecule has 98 valence electrons. The second kappa shape index (κ2) is 6.66. The molecule has 0 heterocycles. The zero-order chi connectivity index (χ0) is 13.5. The third-order valence-electron chi connectivity index (χ3n) is 2.40. The number of methoxy groups -OCH3 is 2. The average Bonchev–Trinajstić information content (AvgIpc) is 2.43. The number of aliphatic hydroxyl groups is 1. The van der Waals surface area contributed by atoms with E-state index in [2.05, 4.69) is 11.3 Å². The van der Waals surface area contributed by atoms with E-state index in [1.807, 2.05) is 0 Å². The molecule has 0 aliphatic carbocycles. The highest BCUT2D eigenvalue weighted by molar-refractivity contribution is 5.60. The van der Waals surface area contributed by atoms with Gasteiger partial charge in [0.1, 0.15) is 11.9 Å². The van der Waals surface area contributed by atoms with Gasteiger partial charge in [0.2, 0.25) is 0 Å². The van der Waals surface area contributed by atoms with E-state index in [-0.39, 0.29) is 0 Å². The SMILES string of the molecule is C=C[C@H](OC(=O)OC)[C@H](O)c1ccc(OC)cc1. The Hall–Kier alpha value is -2.01. The van der Waals surface area contributed by atoms with Crippen molar-refractivity contribution in [3.05, 3.63) is 42.5 Å². The summed E-state index contributed by atoms with van der Waals surface area (Å²) in [7, 11) is 2.75. The standard InChI is InChI=1S/C13H16O5/c1-4-11(18-13(15)17-3)12(14)9-5-7-10(16-2)8-6-9/h4-8,11-12,14H,1H2,2-3H3/t11-,12+/m0/s1.